The van der Waals surface area contributed by atoms with Gasteiger partial charge in [-0.15, -0.1) is 0 Å². The predicted molar refractivity (Wildman–Crippen MR) is 85.3 cm³/mol. The number of nitro groups is 1. The topological polar surface area (TPSA) is 78.7 Å². The molecule has 0 N–H and O–H groups in total. The molecule has 2 rings (SSSR count). The summed E-state index contributed by atoms with van der Waals surface area (Å²) in [5.74, 6) is -1.47. The lowest BCUT2D eigenvalue weighted by molar-refractivity contribution is -0.385. The number of benzene rings is 2. The van der Waals surface area contributed by atoms with Gasteiger partial charge < -0.3 is 9.47 Å². The second-order valence-corrected chi connectivity index (χ2v) is 4.59. The van der Waals surface area contributed by atoms with E-state index in [0.717, 1.165) is 24.3 Å². The Morgan fingerprint density at radius 3 is 2.71 bits per heavy atom. The van der Waals surface area contributed by atoms with Crippen molar-refractivity contribution in [1.29, 1.82) is 0 Å². The minimum Gasteiger partial charge on any atom is -0.493 e. The van der Waals surface area contributed by atoms with Crippen LogP contribution in [-0.2, 0) is 4.79 Å². The number of para-hydroxylation sites is 1. The summed E-state index contributed by atoms with van der Waals surface area (Å²) < 4.78 is 23.5. The van der Waals surface area contributed by atoms with Gasteiger partial charge in [0.05, 0.1) is 11.5 Å². The molecule has 0 unspecified atom stereocenters. The fourth-order valence-electron chi connectivity index (χ4n) is 1.93. The smallest absolute Gasteiger partial charge is 0.336 e. The molecule has 0 aliphatic carbocycles. The predicted octanol–water partition coefficient (Wildman–Crippen LogP) is 3.75. The van der Waals surface area contributed by atoms with E-state index in [9.17, 15) is 19.3 Å². The third-order valence-electron chi connectivity index (χ3n) is 2.95. The highest BCUT2D eigenvalue weighted by molar-refractivity contribution is 5.89. The van der Waals surface area contributed by atoms with Crippen molar-refractivity contribution in [3.8, 4) is 11.5 Å². The van der Waals surface area contributed by atoms with E-state index >= 15 is 0 Å². The number of esters is 1. The van der Waals surface area contributed by atoms with Crippen LogP contribution in [0.15, 0.2) is 48.5 Å². The monoisotopic (exact) mass is 331 g/mol. The minimum absolute atomic E-state index is 0.451. The van der Waals surface area contributed by atoms with Crippen LogP contribution in [0, 0.1) is 15.9 Å². The van der Waals surface area contributed by atoms with E-state index in [-0.39, 0.29) is 0 Å². The summed E-state index contributed by atoms with van der Waals surface area (Å²) in [6.07, 6.45) is 2.55. The standard InChI is InChI=1S/C17H14FNO5/c1-2-23-15-6-4-3-5-12(15)7-10-17(20)24-16-11-13(18)8-9-14(16)19(21)22/h3-11H,2H2,1H3. The number of nitro benzene ring substituents is 1. The number of carbonyl (C=O) groups excluding carboxylic acids is 1. The lowest BCUT2D eigenvalue weighted by Crippen LogP contribution is -2.06. The van der Waals surface area contributed by atoms with E-state index in [0.29, 0.717) is 17.9 Å². The Kier molecular flexibility index (Phi) is 5.62. The lowest BCUT2D eigenvalue weighted by Gasteiger charge is -2.06. The molecular formula is C17H14FNO5. The summed E-state index contributed by atoms with van der Waals surface area (Å²) in [7, 11) is 0. The Morgan fingerprint density at radius 1 is 1.25 bits per heavy atom. The number of hydrogen-bond donors (Lipinski definition) is 0. The van der Waals surface area contributed by atoms with Crippen molar-refractivity contribution >= 4 is 17.7 Å². The van der Waals surface area contributed by atoms with Gasteiger partial charge in [0.1, 0.15) is 11.6 Å². The van der Waals surface area contributed by atoms with Gasteiger partial charge in [-0.2, -0.15) is 0 Å². The molecule has 6 nitrogen and oxygen atoms in total. The van der Waals surface area contributed by atoms with Crippen LogP contribution in [0.2, 0.25) is 0 Å². The van der Waals surface area contributed by atoms with Crippen molar-refractivity contribution in [2.24, 2.45) is 0 Å². The first kappa shape index (κ1) is 17.1. The van der Waals surface area contributed by atoms with E-state index in [2.05, 4.69) is 0 Å². The fourth-order valence-corrected chi connectivity index (χ4v) is 1.93. The molecular weight excluding hydrogens is 317 g/mol. The van der Waals surface area contributed by atoms with E-state index < -0.39 is 28.1 Å². The van der Waals surface area contributed by atoms with Crippen LogP contribution in [0.3, 0.4) is 0 Å². The van der Waals surface area contributed by atoms with Crippen molar-refractivity contribution in [3.05, 3.63) is 70.0 Å². The van der Waals surface area contributed by atoms with Gasteiger partial charge in [-0.05, 0) is 25.1 Å². The van der Waals surface area contributed by atoms with Crippen LogP contribution in [0.4, 0.5) is 10.1 Å². The van der Waals surface area contributed by atoms with Gasteiger partial charge in [0, 0.05) is 23.8 Å². The SMILES string of the molecule is CCOc1ccccc1C=CC(=O)Oc1cc(F)ccc1[N+](=O)[O-]. The van der Waals surface area contributed by atoms with E-state index in [1.165, 1.54) is 6.08 Å². The summed E-state index contributed by atoms with van der Waals surface area (Å²) in [4.78, 5) is 22.0. The maximum absolute atomic E-state index is 13.2. The first-order valence-corrected chi connectivity index (χ1v) is 7.07. The van der Waals surface area contributed by atoms with Crippen LogP contribution in [-0.4, -0.2) is 17.5 Å². The number of carbonyl (C=O) groups is 1. The van der Waals surface area contributed by atoms with Crippen molar-refractivity contribution in [2.45, 2.75) is 6.92 Å². The fraction of sp³-hybridized carbons (Fsp3) is 0.118. The van der Waals surface area contributed by atoms with Gasteiger partial charge in [0.15, 0.2) is 0 Å². The summed E-state index contributed by atoms with van der Waals surface area (Å²) in [5.41, 5.74) is 0.151. The molecule has 7 heteroatoms. The number of hydrogen-bond acceptors (Lipinski definition) is 5. The molecule has 2 aromatic carbocycles. The molecule has 0 radical (unpaired) electrons. The highest BCUT2D eigenvalue weighted by atomic mass is 19.1. The van der Waals surface area contributed by atoms with Gasteiger partial charge >= 0.3 is 11.7 Å². The summed E-state index contributed by atoms with van der Waals surface area (Å²) in [6.45, 7) is 2.29. The normalized spacial score (nSPS) is 10.6. The summed E-state index contributed by atoms with van der Waals surface area (Å²) in [6, 6.07) is 9.68. The third kappa shape index (κ3) is 4.39. The quantitative estimate of drug-likeness (QED) is 0.265. The summed E-state index contributed by atoms with van der Waals surface area (Å²) in [5, 5.41) is 10.9. The first-order valence-electron chi connectivity index (χ1n) is 7.07. The van der Waals surface area contributed by atoms with Crippen molar-refractivity contribution < 1.29 is 23.6 Å². The highest BCUT2D eigenvalue weighted by Gasteiger charge is 2.18. The van der Waals surface area contributed by atoms with Crippen LogP contribution in [0.5, 0.6) is 11.5 Å². The maximum atomic E-state index is 13.2. The molecule has 24 heavy (non-hydrogen) atoms. The van der Waals surface area contributed by atoms with E-state index in [4.69, 9.17) is 9.47 Å². The van der Waals surface area contributed by atoms with Crippen LogP contribution >= 0.6 is 0 Å². The second-order valence-electron chi connectivity index (χ2n) is 4.59. The molecule has 0 bridgehead atoms. The van der Waals surface area contributed by atoms with E-state index in [1.54, 1.807) is 24.3 Å². The molecule has 0 saturated carbocycles. The molecule has 0 aliphatic rings. The first-order chi connectivity index (χ1) is 11.5. The van der Waals surface area contributed by atoms with Gasteiger partial charge in [-0.1, -0.05) is 18.2 Å². The molecule has 124 valence electrons. The maximum Gasteiger partial charge on any atom is 0.336 e. The van der Waals surface area contributed by atoms with Gasteiger partial charge in [-0.25, -0.2) is 9.18 Å². The van der Waals surface area contributed by atoms with Gasteiger partial charge in [0.2, 0.25) is 5.75 Å². The number of nitrogens with zero attached hydrogens (tertiary/aromatic N) is 1. The lowest BCUT2D eigenvalue weighted by atomic mass is 10.2. The van der Waals surface area contributed by atoms with Gasteiger partial charge in [0.25, 0.3) is 0 Å². The van der Waals surface area contributed by atoms with Gasteiger partial charge in [-0.3, -0.25) is 10.1 Å². The third-order valence-corrected chi connectivity index (χ3v) is 2.95. The second kappa shape index (κ2) is 7.87. The number of halogens is 1. The largest absolute Gasteiger partial charge is 0.493 e. The number of rotatable bonds is 6. The zero-order valence-electron chi connectivity index (χ0n) is 12.8. The van der Waals surface area contributed by atoms with Crippen LogP contribution in [0.1, 0.15) is 12.5 Å². The molecule has 0 fully saturated rings. The molecule has 0 aromatic heterocycles. The Balaban J connectivity index is 2.17. The molecule has 0 saturated heterocycles. The Labute approximate surface area is 137 Å². The molecule has 0 amide bonds. The molecule has 0 atom stereocenters. The minimum atomic E-state index is -0.866. The van der Waals surface area contributed by atoms with Crippen molar-refractivity contribution in [1.82, 2.24) is 0 Å². The Morgan fingerprint density at radius 2 is 2.00 bits per heavy atom. The van der Waals surface area contributed by atoms with Crippen LogP contribution < -0.4 is 9.47 Å². The van der Waals surface area contributed by atoms with Crippen molar-refractivity contribution in [2.75, 3.05) is 6.61 Å². The van der Waals surface area contributed by atoms with Crippen LogP contribution in [0.25, 0.3) is 6.08 Å². The molecule has 2 aromatic rings. The Hall–Kier alpha value is -3.22. The van der Waals surface area contributed by atoms with E-state index in [1.807, 2.05) is 6.92 Å². The molecule has 0 spiro atoms. The summed E-state index contributed by atoms with van der Waals surface area (Å²) >= 11 is 0. The Bertz CT molecular complexity index is 788. The number of ether oxygens (including phenoxy) is 2. The zero-order valence-corrected chi connectivity index (χ0v) is 12.8. The molecule has 0 aliphatic heterocycles. The average molecular weight is 331 g/mol. The molecule has 0 heterocycles. The highest BCUT2D eigenvalue weighted by Crippen LogP contribution is 2.27. The zero-order chi connectivity index (χ0) is 17.5. The average Bonchev–Trinajstić information content (AvgIpc) is 2.54. The van der Waals surface area contributed by atoms with Crippen molar-refractivity contribution in [3.63, 3.8) is 0 Å².